The molecule has 0 unspecified atom stereocenters. The molecule has 0 aliphatic rings. The standard InChI is InChI=1S/C17H19Cl3NO.ClH/c1-21(2,12-13-3-5-14(18)6-4-13)9-10-22-17-8-7-15(19)11-16(17)20;/h3-8,11H,9-10,12H2,1-2H3;1H/q+1;/p-1. The van der Waals surface area contributed by atoms with Gasteiger partial charge in [0, 0.05) is 15.6 Å². The summed E-state index contributed by atoms with van der Waals surface area (Å²) in [5.74, 6) is 0.664. The van der Waals surface area contributed by atoms with Gasteiger partial charge in [-0.2, -0.15) is 0 Å². The van der Waals surface area contributed by atoms with Crippen LogP contribution in [0.4, 0.5) is 0 Å². The Balaban J connectivity index is 0.00000264. The molecule has 0 radical (unpaired) electrons. The lowest BCUT2D eigenvalue weighted by Gasteiger charge is -2.29. The first-order valence-corrected chi connectivity index (χ1v) is 8.13. The van der Waals surface area contributed by atoms with Crippen LogP contribution in [0.25, 0.3) is 0 Å². The molecule has 0 bridgehead atoms. The highest BCUT2D eigenvalue weighted by molar-refractivity contribution is 6.35. The highest BCUT2D eigenvalue weighted by atomic mass is 35.5. The minimum absolute atomic E-state index is 0. The van der Waals surface area contributed by atoms with Crippen LogP contribution in [0.15, 0.2) is 42.5 Å². The Bertz CT molecular complexity index is 629. The van der Waals surface area contributed by atoms with E-state index in [1.54, 1.807) is 18.2 Å². The van der Waals surface area contributed by atoms with Gasteiger partial charge in [-0.1, -0.05) is 46.9 Å². The molecule has 6 heteroatoms. The number of rotatable bonds is 6. The average molecular weight is 395 g/mol. The van der Waals surface area contributed by atoms with E-state index in [0.717, 1.165) is 22.6 Å². The van der Waals surface area contributed by atoms with Crippen molar-refractivity contribution in [3.8, 4) is 5.75 Å². The van der Waals surface area contributed by atoms with Crippen molar-refractivity contribution in [1.29, 1.82) is 0 Å². The van der Waals surface area contributed by atoms with Crippen molar-refractivity contribution in [2.45, 2.75) is 6.54 Å². The third-order valence-electron chi connectivity index (χ3n) is 3.37. The fourth-order valence-corrected chi connectivity index (χ4v) is 2.75. The van der Waals surface area contributed by atoms with Crippen molar-refractivity contribution < 1.29 is 21.6 Å². The summed E-state index contributed by atoms with van der Waals surface area (Å²) in [6, 6.07) is 13.2. The van der Waals surface area contributed by atoms with E-state index in [1.165, 1.54) is 5.56 Å². The Hall–Kier alpha value is -0.640. The maximum atomic E-state index is 6.10. The number of benzene rings is 2. The van der Waals surface area contributed by atoms with Gasteiger partial charge in [-0.25, -0.2) is 0 Å². The van der Waals surface area contributed by atoms with E-state index in [-0.39, 0.29) is 12.4 Å². The zero-order valence-corrected chi connectivity index (χ0v) is 16.1. The maximum absolute atomic E-state index is 6.10. The van der Waals surface area contributed by atoms with E-state index in [4.69, 9.17) is 39.5 Å². The minimum Gasteiger partial charge on any atom is -1.00 e. The molecule has 0 atom stereocenters. The molecule has 0 saturated carbocycles. The second kappa shape index (κ2) is 9.00. The molecule has 0 aliphatic carbocycles. The lowest BCUT2D eigenvalue weighted by Crippen LogP contribution is -3.00. The van der Waals surface area contributed by atoms with Crippen molar-refractivity contribution >= 4 is 34.8 Å². The van der Waals surface area contributed by atoms with Gasteiger partial charge in [0.25, 0.3) is 0 Å². The van der Waals surface area contributed by atoms with Crippen LogP contribution in [0.1, 0.15) is 5.56 Å². The van der Waals surface area contributed by atoms with Crippen molar-refractivity contribution in [3.05, 3.63) is 63.1 Å². The highest BCUT2D eigenvalue weighted by Crippen LogP contribution is 2.27. The number of hydrogen-bond acceptors (Lipinski definition) is 1. The number of hydrogen-bond donors (Lipinski definition) is 0. The first kappa shape index (κ1) is 20.4. The van der Waals surface area contributed by atoms with E-state index in [9.17, 15) is 0 Å². The van der Waals surface area contributed by atoms with E-state index in [1.807, 2.05) is 12.1 Å². The monoisotopic (exact) mass is 393 g/mol. The molecule has 2 rings (SSSR count). The molecule has 0 aliphatic heterocycles. The Morgan fingerprint density at radius 2 is 1.52 bits per heavy atom. The fourth-order valence-electron chi connectivity index (χ4n) is 2.16. The average Bonchev–Trinajstić information content (AvgIpc) is 2.43. The summed E-state index contributed by atoms with van der Waals surface area (Å²) in [5.41, 5.74) is 1.25. The summed E-state index contributed by atoms with van der Waals surface area (Å²) in [5, 5.41) is 1.90. The third kappa shape index (κ3) is 6.78. The van der Waals surface area contributed by atoms with Gasteiger partial charge in [-0.15, -0.1) is 0 Å². The van der Waals surface area contributed by atoms with Gasteiger partial charge < -0.3 is 21.6 Å². The second-order valence-corrected chi connectivity index (χ2v) is 7.15. The number of nitrogens with zero attached hydrogens (tertiary/aromatic N) is 1. The summed E-state index contributed by atoms with van der Waals surface area (Å²) in [6.45, 7) is 2.36. The third-order valence-corrected chi connectivity index (χ3v) is 4.15. The molecule has 0 heterocycles. The molecule has 2 aromatic carbocycles. The van der Waals surface area contributed by atoms with Crippen LogP contribution < -0.4 is 17.1 Å². The first-order chi connectivity index (χ1) is 10.4. The molecule has 0 saturated heterocycles. The van der Waals surface area contributed by atoms with Crippen molar-refractivity contribution in [3.63, 3.8) is 0 Å². The van der Waals surface area contributed by atoms with Gasteiger partial charge >= 0.3 is 0 Å². The Morgan fingerprint density at radius 1 is 0.913 bits per heavy atom. The molecular formula is C17H19Cl4NO. The van der Waals surface area contributed by atoms with Gasteiger partial charge in [0.1, 0.15) is 25.4 Å². The number of halogens is 4. The Labute approximate surface area is 158 Å². The summed E-state index contributed by atoms with van der Waals surface area (Å²) in [7, 11) is 4.34. The summed E-state index contributed by atoms with van der Waals surface area (Å²) in [6.07, 6.45) is 0. The van der Waals surface area contributed by atoms with Crippen molar-refractivity contribution in [1.82, 2.24) is 0 Å². The van der Waals surface area contributed by atoms with E-state index in [0.29, 0.717) is 22.4 Å². The summed E-state index contributed by atoms with van der Waals surface area (Å²) >= 11 is 17.9. The molecule has 0 N–H and O–H groups in total. The molecule has 0 aromatic heterocycles. The predicted octanol–water partition coefficient (Wildman–Crippen LogP) is 2.31. The maximum Gasteiger partial charge on any atom is 0.138 e. The van der Waals surface area contributed by atoms with Crippen LogP contribution in [0.2, 0.25) is 15.1 Å². The number of likely N-dealkylation sites (N-methyl/N-ethyl adjacent to an activating group) is 1. The molecule has 0 spiro atoms. The largest absolute Gasteiger partial charge is 1.00 e. The van der Waals surface area contributed by atoms with Crippen LogP contribution >= 0.6 is 34.8 Å². The van der Waals surface area contributed by atoms with Crippen LogP contribution in [-0.4, -0.2) is 31.7 Å². The predicted molar refractivity (Wildman–Crippen MR) is 94.1 cm³/mol. The number of quaternary nitrogens is 1. The van der Waals surface area contributed by atoms with E-state index < -0.39 is 0 Å². The minimum atomic E-state index is 0. The molecule has 2 aromatic rings. The normalized spacial score (nSPS) is 11.0. The van der Waals surface area contributed by atoms with Gasteiger partial charge in [0.05, 0.1) is 19.1 Å². The zero-order valence-electron chi connectivity index (χ0n) is 13.0. The molecular weight excluding hydrogens is 376 g/mol. The van der Waals surface area contributed by atoms with Crippen LogP contribution in [0.5, 0.6) is 5.75 Å². The molecule has 2 nitrogen and oxygen atoms in total. The van der Waals surface area contributed by atoms with Crippen LogP contribution in [-0.2, 0) is 6.54 Å². The lowest BCUT2D eigenvalue weighted by molar-refractivity contribution is -0.903. The van der Waals surface area contributed by atoms with Gasteiger partial charge in [0.15, 0.2) is 0 Å². The first-order valence-electron chi connectivity index (χ1n) is 7.00. The van der Waals surface area contributed by atoms with Crippen molar-refractivity contribution in [2.24, 2.45) is 0 Å². The van der Waals surface area contributed by atoms with E-state index >= 15 is 0 Å². The lowest BCUT2D eigenvalue weighted by atomic mass is 10.2. The quantitative estimate of drug-likeness (QED) is 0.683. The summed E-state index contributed by atoms with van der Waals surface area (Å²) in [4.78, 5) is 0. The molecule has 0 amide bonds. The van der Waals surface area contributed by atoms with Crippen molar-refractivity contribution in [2.75, 3.05) is 27.2 Å². The fraction of sp³-hybridized carbons (Fsp3) is 0.294. The molecule has 23 heavy (non-hydrogen) atoms. The molecule has 0 fully saturated rings. The number of ether oxygens (including phenoxy) is 1. The highest BCUT2D eigenvalue weighted by Gasteiger charge is 2.16. The SMILES string of the molecule is C[N+](C)(CCOc1ccc(Cl)cc1Cl)Cc1ccc(Cl)cc1.[Cl-]. The zero-order chi connectivity index (χ0) is 16.2. The second-order valence-electron chi connectivity index (χ2n) is 5.87. The molecule has 126 valence electrons. The Kier molecular flexibility index (Phi) is 7.99. The van der Waals surface area contributed by atoms with Crippen LogP contribution in [0, 0.1) is 0 Å². The smallest absolute Gasteiger partial charge is 0.138 e. The van der Waals surface area contributed by atoms with Crippen LogP contribution in [0.3, 0.4) is 0 Å². The topological polar surface area (TPSA) is 9.23 Å². The van der Waals surface area contributed by atoms with E-state index in [2.05, 4.69) is 26.2 Å². The Morgan fingerprint density at radius 3 is 2.13 bits per heavy atom. The van der Waals surface area contributed by atoms with Gasteiger partial charge in [-0.3, -0.25) is 0 Å². The summed E-state index contributed by atoms with van der Waals surface area (Å²) < 4.78 is 6.57. The van der Waals surface area contributed by atoms with Gasteiger partial charge in [0.2, 0.25) is 0 Å². The van der Waals surface area contributed by atoms with Gasteiger partial charge in [-0.05, 0) is 30.3 Å².